The first-order chi connectivity index (χ1) is 7.73. The molecule has 1 N–H and O–H groups in total. The summed E-state index contributed by atoms with van der Waals surface area (Å²) in [6, 6.07) is 0. The van der Waals surface area contributed by atoms with Crippen molar-refractivity contribution in [2.24, 2.45) is 11.3 Å². The van der Waals surface area contributed by atoms with Crippen LogP contribution in [-0.2, 0) is 4.79 Å². The minimum absolute atomic E-state index is 0.171. The lowest BCUT2D eigenvalue weighted by Gasteiger charge is -2.44. The normalized spacial score (nSPS) is 26.5. The van der Waals surface area contributed by atoms with E-state index in [2.05, 4.69) is 0 Å². The summed E-state index contributed by atoms with van der Waals surface area (Å²) in [6.45, 7) is 0. The topological polar surface area (TPSA) is 37.3 Å². The summed E-state index contributed by atoms with van der Waals surface area (Å²) in [4.78, 5) is 11.1. The predicted molar refractivity (Wildman–Crippen MR) is 64.3 cm³/mol. The molecule has 2 aliphatic rings. The highest BCUT2D eigenvalue weighted by Crippen LogP contribution is 2.50. The summed E-state index contributed by atoms with van der Waals surface area (Å²) in [5.74, 6) is 0.130. The van der Waals surface area contributed by atoms with Gasteiger partial charge in [-0.1, -0.05) is 38.5 Å². The number of carbonyl (C=O) groups is 1. The minimum atomic E-state index is -0.576. The Labute approximate surface area is 98.4 Å². The van der Waals surface area contributed by atoms with Crippen LogP contribution in [0.15, 0.2) is 0 Å². The molecule has 2 nitrogen and oxygen atoms in total. The average molecular weight is 224 g/mol. The molecule has 0 heterocycles. The molecular formula is C14H24O2. The van der Waals surface area contributed by atoms with Crippen molar-refractivity contribution >= 4 is 5.97 Å². The van der Waals surface area contributed by atoms with E-state index in [0.29, 0.717) is 12.3 Å². The molecule has 0 atom stereocenters. The van der Waals surface area contributed by atoms with Gasteiger partial charge < -0.3 is 5.11 Å². The van der Waals surface area contributed by atoms with Crippen LogP contribution in [0.3, 0.4) is 0 Å². The first kappa shape index (κ1) is 11.9. The van der Waals surface area contributed by atoms with Gasteiger partial charge >= 0.3 is 5.97 Å². The van der Waals surface area contributed by atoms with E-state index in [1.807, 2.05) is 0 Å². The molecule has 92 valence electrons. The quantitative estimate of drug-likeness (QED) is 0.787. The molecule has 0 saturated heterocycles. The zero-order valence-corrected chi connectivity index (χ0v) is 10.2. The standard InChI is InChI=1S/C14H24O2/c15-13(16)11-14(9-5-2-6-10-14)12-7-3-1-4-8-12/h12H,1-11H2,(H,15,16). The van der Waals surface area contributed by atoms with Crippen LogP contribution in [0.2, 0.25) is 0 Å². The summed E-state index contributed by atoms with van der Waals surface area (Å²) in [6.07, 6.45) is 13.2. The smallest absolute Gasteiger partial charge is 0.303 e. The van der Waals surface area contributed by atoms with Gasteiger partial charge in [0, 0.05) is 0 Å². The molecule has 2 rings (SSSR count). The van der Waals surface area contributed by atoms with Crippen LogP contribution >= 0.6 is 0 Å². The summed E-state index contributed by atoms with van der Waals surface area (Å²) < 4.78 is 0. The van der Waals surface area contributed by atoms with Crippen molar-refractivity contribution in [3.05, 3.63) is 0 Å². The Morgan fingerprint density at radius 3 is 2.12 bits per heavy atom. The fourth-order valence-electron chi connectivity index (χ4n) is 4.00. The van der Waals surface area contributed by atoms with Gasteiger partial charge in [0.25, 0.3) is 0 Å². The SMILES string of the molecule is O=C(O)CC1(C2CCCCC2)CCCCC1. The second-order valence-electron chi connectivity index (χ2n) is 5.83. The molecule has 0 unspecified atom stereocenters. The Bertz CT molecular complexity index is 235. The Balaban J connectivity index is 2.07. The second kappa shape index (κ2) is 5.20. The van der Waals surface area contributed by atoms with E-state index in [1.54, 1.807) is 0 Å². The number of hydrogen-bond acceptors (Lipinski definition) is 1. The monoisotopic (exact) mass is 224 g/mol. The first-order valence-corrected chi connectivity index (χ1v) is 6.95. The van der Waals surface area contributed by atoms with Gasteiger partial charge in [-0.2, -0.15) is 0 Å². The Hall–Kier alpha value is -0.530. The molecule has 2 heteroatoms. The molecule has 2 saturated carbocycles. The van der Waals surface area contributed by atoms with Crippen LogP contribution < -0.4 is 0 Å². The van der Waals surface area contributed by atoms with Gasteiger partial charge in [0.1, 0.15) is 0 Å². The molecule has 0 aromatic rings. The number of aliphatic carboxylic acids is 1. The highest BCUT2D eigenvalue weighted by atomic mass is 16.4. The molecule has 0 bridgehead atoms. The average Bonchev–Trinajstić information content (AvgIpc) is 2.30. The third kappa shape index (κ3) is 2.58. The summed E-state index contributed by atoms with van der Waals surface area (Å²) in [5.41, 5.74) is 0.171. The van der Waals surface area contributed by atoms with Crippen molar-refractivity contribution < 1.29 is 9.90 Å². The molecule has 0 spiro atoms. The van der Waals surface area contributed by atoms with E-state index >= 15 is 0 Å². The van der Waals surface area contributed by atoms with Crippen molar-refractivity contribution in [2.75, 3.05) is 0 Å². The Morgan fingerprint density at radius 2 is 1.56 bits per heavy atom. The molecule has 0 aliphatic heterocycles. The van der Waals surface area contributed by atoms with E-state index in [1.165, 1.54) is 64.2 Å². The van der Waals surface area contributed by atoms with E-state index in [9.17, 15) is 4.79 Å². The molecule has 16 heavy (non-hydrogen) atoms. The van der Waals surface area contributed by atoms with Crippen molar-refractivity contribution in [1.29, 1.82) is 0 Å². The summed E-state index contributed by atoms with van der Waals surface area (Å²) in [7, 11) is 0. The summed E-state index contributed by atoms with van der Waals surface area (Å²) >= 11 is 0. The molecule has 2 fully saturated rings. The van der Waals surface area contributed by atoms with Crippen LogP contribution in [-0.4, -0.2) is 11.1 Å². The third-order valence-corrected chi connectivity index (χ3v) is 4.82. The molecule has 0 aromatic carbocycles. The number of rotatable bonds is 3. The van der Waals surface area contributed by atoms with Crippen molar-refractivity contribution in [1.82, 2.24) is 0 Å². The molecular weight excluding hydrogens is 200 g/mol. The van der Waals surface area contributed by atoms with Gasteiger partial charge in [0.15, 0.2) is 0 Å². The maximum atomic E-state index is 11.1. The number of hydrogen-bond donors (Lipinski definition) is 1. The highest BCUT2D eigenvalue weighted by Gasteiger charge is 2.41. The van der Waals surface area contributed by atoms with Gasteiger partial charge in [-0.25, -0.2) is 0 Å². The number of carboxylic acid groups (broad SMARTS) is 1. The fraction of sp³-hybridized carbons (Fsp3) is 0.929. The van der Waals surface area contributed by atoms with E-state index in [0.717, 1.165) is 0 Å². The van der Waals surface area contributed by atoms with E-state index in [4.69, 9.17) is 5.11 Å². The predicted octanol–water partition coefficient (Wildman–Crippen LogP) is 3.99. The zero-order valence-electron chi connectivity index (χ0n) is 10.2. The second-order valence-corrected chi connectivity index (χ2v) is 5.83. The van der Waals surface area contributed by atoms with Crippen molar-refractivity contribution in [2.45, 2.75) is 70.6 Å². The minimum Gasteiger partial charge on any atom is -0.481 e. The third-order valence-electron chi connectivity index (χ3n) is 4.82. The Kier molecular flexibility index (Phi) is 3.88. The van der Waals surface area contributed by atoms with E-state index in [-0.39, 0.29) is 5.41 Å². The van der Waals surface area contributed by atoms with Crippen LogP contribution in [0.1, 0.15) is 70.6 Å². The number of carboxylic acids is 1. The maximum Gasteiger partial charge on any atom is 0.303 e. The van der Waals surface area contributed by atoms with Crippen LogP contribution in [0.5, 0.6) is 0 Å². The first-order valence-electron chi connectivity index (χ1n) is 6.95. The molecule has 0 amide bonds. The van der Waals surface area contributed by atoms with Gasteiger partial charge in [0.2, 0.25) is 0 Å². The van der Waals surface area contributed by atoms with Gasteiger partial charge in [-0.15, -0.1) is 0 Å². The van der Waals surface area contributed by atoms with Gasteiger partial charge in [-0.05, 0) is 37.0 Å². The largest absolute Gasteiger partial charge is 0.481 e. The lowest BCUT2D eigenvalue weighted by molar-refractivity contribution is -0.142. The van der Waals surface area contributed by atoms with Crippen LogP contribution in [0.25, 0.3) is 0 Å². The van der Waals surface area contributed by atoms with Crippen LogP contribution in [0.4, 0.5) is 0 Å². The van der Waals surface area contributed by atoms with Crippen molar-refractivity contribution in [3.63, 3.8) is 0 Å². The lowest BCUT2D eigenvalue weighted by Crippen LogP contribution is -2.36. The Morgan fingerprint density at radius 1 is 1.00 bits per heavy atom. The lowest BCUT2D eigenvalue weighted by atomic mass is 9.60. The highest BCUT2D eigenvalue weighted by molar-refractivity contribution is 5.67. The van der Waals surface area contributed by atoms with E-state index < -0.39 is 5.97 Å². The maximum absolute atomic E-state index is 11.1. The fourth-order valence-corrected chi connectivity index (χ4v) is 4.00. The zero-order chi connectivity index (χ0) is 11.4. The molecule has 0 radical (unpaired) electrons. The summed E-state index contributed by atoms with van der Waals surface area (Å²) in [5, 5.41) is 9.16. The molecule has 0 aromatic heterocycles. The van der Waals surface area contributed by atoms with Crippen LogP contribution in [0, 0.1) is 11.3 Å². The van der Waals surface area contributed by atoms with Crippen molar-refractivity contribution in [3.8, 4) is 0 Å². The van der Waals surface area contributed by atoms with Gasteiger partial charge in [-0.3, -0.25) is 4.79 Å². The van der Waals surface area contributed by atoms with Gasteiger partial charge in [0.05, 0.1) is 6.42 Å². The molecule has 2 aliphatic carbocycles.